The molecule has 114 valence electrons. The zero-order valence-electron chi connectivity index (χ0n) is 13.1. The van der Waals surface area contributed by atoms with Gasteiger partial charge in [0.05, 0.1) is 6.54 Å². The van der Waals surface area contributed by atoms with Crippen molar-refractivity contribution >= 4 is 5.82 Å². The van der Waals surface area contributed by atoms with E-state index >= 15 is 0 Å². The standard InChI is InChI=1S/C17H20N4O/c1-17(2,3)13-6-4-5-7-15(13)22-11-10-21-16-14(12-18)19-8-9-20-16/h4-9H,10-11H2,1-3H3,(H,20,21). The second kappa shape index (κ2) is 6.90. The summed E-state index contributed by atoms with van der Waals surface area (Å²) in [5.41, 5.74) is 1.49. The number of nitriles is 1. The summed E-state index contributed by atoms with van der Waals surface area (Å²) in [6.07, 6.45) is 3.05. The Morgan fingerprint density at radius 3 is 2.64 bits per heavy atom. The van der Waals surface area contributed by atoms with E-state index < -0.39 is 0 Å². The van der Waals surface area contributed by atoms with Gasteiger partial charge in [-0.3, -0.25) is 0 Å². The normalized spacial score (nSPS) is 10.8. The molecule has 0 atom stereocenters. The van der Waals surface area contributed by atoms with Crippen LogP contribution < -0.4 is 10.1 Å². The van der Waals surface area contributed by atoms with Crippen molar-refractivity contribution in [1.82, 2.24) is 9.97 Å². The third-order valence-corrected chi connectivity index (χ3v) is 3.15. The predicted octanol–water partition coefficient (Wildman–Crippen LogP) is 3.14. The van der Waals surface area contributed by atoms with Crippen LogP contribution in [0.25, 0.3) is 0 Å². The number of para-hydroxylation sites is 1. The molecule has 0 aliphatic rings. The molecule has 2 rings (SSSR count). The molecule has 1 heterocycles. The Balaban J connectivity index is 1.94. The third kappa shape index (κ3) is 3.95. The number of nitrogens with one attached hydrogen (secondary N) is 1. The van der Waals surface area contributed by atoms with E-state index in [2.05, 4.69) is 42.1 Å². The highest BCUT2D eigenvalue weighted by Crippen LogP contribution is 2.30. The minimum atomic E-state index is 0.0307. The fraction of sp³-hybridized carbons (Fsp3) is 0.353. The van der Waals surface area contributed by atoms with E-state index in [1.165, 1.54) is 11.8 Å². The molecule has 5 nitrogen and oxygen atoms in total. The van der Waals surface area contributed by atoms with Gasteiger partial charge in [-0.1, -0.05) is 39.0 Å². The Kier molecular flexibility index (Phi) is 4.95. The van der Waals surface area contributed by atoms with Gasteiger partial charge in [0.1, 0.15) is 18.4 Å². The van der Waals surface area contributed by atoms with Gasteiger partial charge in [-0.15, -0.1) is 0 Å². The molecule has 0 radical (unpaired) electrons. The van der Waals surface area contributed by atoms with E-state index in [9.17, 15) is 0 Å². The smallest absolute Gasteiger partial charge is 0.182 e. The van der Waals surface area contributed by atoms with Gasteiger partial charge in [0.15, 0.2) is 11.5 Å². The van der Waals surface area contributed by atoms with Crippen LogP contribution in [0.2, 0.25) is 0 Å². The number of hydrogen-bond acceptors (Lipinski definition) is 5. The second-order valence-electron chi connectivity index (χ2n) is 5.89. The summed E-state index contributed by atoms with van der Waals surface area (Å²) in [4.78, 5) is 8.05. The first kappa shape index (κ1) is 15.8. The lowest BCUT2D eigenvalue weighted by Crippen LogP contribution is -2.17. The van der Waals surface area contributed by atoms with E-state index in [0.29, 0.717) is 19.0 Å². The van der Waals surface area contributed by atoms with Crippen LogP contribution in [0.4, 0.5) is 5.82 Å². The molecule has 0 saturated carbocycles. The largest absolute Gasteiger partial charge is 0.491 e. The molecule has 22 heavy (non-hydrogen) atoms. The van der Waals surface area contributed by atoms with Crippen LogP contribution in [0.5, 0.6) is 5.75 Å². The second-order valence-corrected chi connectivity index (χ2v) is 5.89. The Labute approximate surface area is 131 Å². The topological polar surface area (TPSA) is 70.8 Å². The Bertz CT molecular complexity index is 671. The molecular formula is C17H20N4O. The monoisotopic (exact) mass is 296 g/mol. The maximum absolute atomic E-state index is 8.96. The van der Waals surface area contributed by atoms with E-state index in [-0.39, 0.29) is 11.1 Å². The average Bonchev–Trinajstić information content (AvgIpc) is 2.51. The van der Waals surface area contributed by atoms with E-state index in [1.807, 2.05) is 24.3 Å². The van der Waals surface area contributed by atoms with Gasteiger partial charge < -0.3 is 10.1 Å². The van der Waals surface area contributed by atoms with Gasteiger partial charge in [-0.25, -0.2) is 9.97 Å². The average molecular weight is 296 g/mol. The molecule has 2 aromatic rings. The number of benzene rings is 1. The lowest BCUT2D eigenvalue weighted by molar-refractivity contribution is 0.323. The third-order valence-electron chi connectivity index (χ3n) is 3.15. The summed E-state index contributed by atoms with van der Waals surface area (Å²) in [7, 11) is 0. The molecule has 0 amide bonds. The molecule has 0 fully saturated rings. The van der Waals surface area contributed by atoms with Crippen molar-refractivity contribution in [2.75, 3.05) is 18.5 Å². The Morgan fingerprint density at radius 2 is 1.91 bits per heavy atom. The number of nitrogens with zero attached hydrogens (tertiary/aromatic N) is 3. The SMILES string of the molecule is CC(C)(C)c1ccccc1OCCNc1nccnc1C#N. The van der Waals surface area contributed by atoms with Crippen molar-refractivity contribution in [3.8, 4) is 11.8 Å². The molecule has 0 saturated heterocycles. The summed E-state index contributed by atoms with van der Waals surface area (Å²) >= 11 is 0. The molecule has 0 bridgehead atoms. The Morgan fingerprint density at radius 1 is 1.18 bits per heavy atom. The summed E-state index contributed by atoms with van der Waals surface area (Å²) in [5, 5.41) is 12.0. The van der Waals surface area contributed by atoms with Gasteiger partial charge in [-0.05, 0) is 17.0 Å². The molecular weight excluding hydrogens is 276 g/mol. The van der Waals surface area contributed by atoms with E-state index in [4.69, 9.17) is 10.00 Å². The van der Waals surface area contributed by atoms with Crippen LogP contribution >= 0.6 is 0 Å². The number of hydrogen-bond donors (Lipinski definition) is 1. The molecule has 1 aromatic heterocycles. The van der Waals surface area contributed by atoms with Crippen molar-refractivity contribution in [2.45, 2.75) is 26.2 Å². The lowest BCUT2D eigenvalue weighted by Gasteiger charge is -2.22. The maximum atomic E-state index is 8.96. The van der Waals surface area contributed by atoms with E-state index in [0.717, 1.165) is 5.75 Å². The highest BCUT2D eigenvalue weighted by atomic mass is 16.5. The van der Waals surface area contributed by atoms with Crippen LogP contribution in [-0.4, -0.2) is 23.1 Å². The van der Waals surface area contributed by atoms with Crippen LogP contribution in [0.1, 0.15) is 32.0 Å². The van der Waals surface area contributed by atoms with Crippen molar-refractivity contribution in [3.63, 3.8) is 0 Å². The number of rotatable bonds is 5. The minimum Gasteiger partial charge on any atom is -0.491 e. The first-order valence-electron chi connectivity index (χ1n) is 7.19. The number of aromatic nitrogens is 2. The van der Waals surface area contributed by atoms with Crippen LogP contribution in [0, 0.1) is 11.3 Å². The minimum absolute atomic E-state index is 0.0307. The highest BCUT2D eigenvalue weighted by Gasteiger charge is 2.18. The van der Waals surface area contributed by atoms with Crippen LogP contribution in [0.15, 0.2) is 36.7 Å². The van der Waals surface area contributed by atoms with Crippen molar-refractivity contribution in [3.05, 3.63) is 47.9 Å². The molecule has 1 aromatic carbocycles. The van der Waals surface area contributed by atoms with Crippen molar-refractivity contribution in [1.29, 1.82) is 5.26 Å². The molecule has 0 aliphatic heterocycles. The summed E-state index contributed by atoms with van der Waals surface area (Å²) < 4.78 is 5.87. The molecule has 0 unspecified atom stereocenters. The molecule has 5 heteroatoms. The van der Waals surface area contributed by atoms with Gasteiger partial charge in [0, 0.05) is 12.4 Å². The quantitative estimate of drug-likeness (QED) is 0.858. The van der Waals surface area contributed by atoms with Gasteiger partial charge in [-0.2, -0.15) is 5.26 Å². The van der Waals surface area contributed by atoms with E-state index in [1.54, 1.807) is 6.20 Å². The van der Waals surface area contributed by atoms with Crippen molar-refractivity contribution < 1.29 is 4.74 Å². The zero-order chi connectivity index (χ0) is 16.0. The fourth-order valence-corrected chi connectivity index (χ4v) is 2.09. The summed E-state index contributed by atoms with van der Waals surface area (Å²) in [5.74, 6) is 1.37. The van der Waals surface area contributed by atoms with Gasteiger partial charge in [0.2, 0.25) is 0 Å². The fourth-order valence-electron chi connectivity index (χ4n) is 2.09. The summed E-state index contributed by atoms with van der Waals surface area (Å²) in [6.45, 7) is 7.50. The molecule has 1 N–H and O–H groups in total. The van der Waals surface area contributed by atoms with Crippen molar-refractivity contribution in [2.24, 2.45) is 0 Å². The predicted molar refractivity (Wildman–Crippen MR) is 85.9 cm³/mol. The lowest BCUT2D eigenvalue weighted by atomic mass is 9.86. The summed E-state index contributed by atoms with van der Waals surface area (Å²) in [6, 6.07) is 10.0. The molecule has 0 aliphatic carbocycles. The van der Waals surface area contributed by atoms with Crippen LogP contribution in [0.3, 0.4) is 0 Å². The maximum Gasteiger partial charge on any atom is 0.182 e. The first-order valence-corrected chi connectivity index (χ1v) is 7.19. The highest BCUT2D eigenvalue weighted by molar-refractivity contribution is 5.46. The zero-order valence-corrected chi connectivity index (χ0v) is 13.1. The van der Waals surface area contributed by atoms with Gasteiger partial charge >= 0.3 is 0 Å². The number of anilines is 1. The first-order chi connectivity index (χ1) is 10.5. The number of ether oxygens (including phenoxy) is 1. The molecule has 0 spiro atoms. The Hall–Kier alpha value is -2.61. The van der Waals surface area contributed by atoms with Crippen LogP contribution in [-0.2, 0) is 5.41 Å². The van der Waals surface area contributed by atoms with Gasteiger partial charge in [0.25, 0.3) is 0 Å².